The molecule has 35 heavy (non-hydrogen) atoms. The highest BCUT2D eigenvalue weighted by Gasteiger charge is 2.65. The van der Waals surface area contributed by atoms with E-state index in [1.165, 1.54) is 29.2 Å². The van der Waals surface area contributed by atoms with Crippen LogP contribution in [0.3, 0.4) is 0 Å². The maximum atomic E-state index is 13.0. The van der Waals surface area contributed by atoms with Crippen LogP contribution in [-0.2, 0) is 19.1 Å². The zero-order valence-corrected chi connectivity index (χ0v) is 21.6. The third-order valence-corrected chi connectivity index (χ3v) is 9.60. The van der Waals surface area contributed by atoms with Gasteiger partial charge in [-0.3, -0.25) is 14.4 Å². The number of nitrogens with zero attached hydrogens (tertiary/aromatic N) is 1. The number of hydrogen-bond acceptors (Lipinski definition) is 5. The van der Waals surface area contributed by atoms with Crippen LogP contribution in [0.5, 0.6) is 0 Å². The van der Waals surface area contributed by atoms with Crippen molar-refractivity contribution in [2.45, 2.75) is 77.2 Å². The number of hydrogen-bond donors (Lipinski definition) is 0. The highest BCUT2D eigenvalue weighted by atomic mass is 16.6. The van der Waals surface area contributed by atoms with Crippen LogP contribution in [-0.4, -0.2) is 37.2 Å². The molecule has 0 N–H and O–H groups in total. The van der Waals surface area contributed by atoms with E-state index in [9.17, 15) is 14.4 Å². The van der Waals surface area contributed by atoms with Crippen LogP contribution in [0, 0.1) is 17.3 Å². The van der Waals surface area contributed by atoms with Crippen molar-refractivity contribution in [1.29, 1.82) is 0 Å². The van der Waals surface area contributed by atoms with Crippen LogP contribution < -0.4 is 4.90 Å². The topological polar surface area (TPSA) is 63.7 Å². The molecule has 5 heteroatoms. The molecule has 0 heterocycles. The molecule has 5 atom stereocenters. The summed E-state index contributed by atoms with van der Waals surface area (Å²) in [6.07, 6.45) is 7.53. The number of carbonyl (C=O) groups excluding carboxylic acids is 3. The summed E-state index contributed by atoms with van der Waals surface area (Å²) in [4.78, 5) is 39.9. The minimum absolute atomic E-state index is 0.0210. The summed E-state index contributed by atoms with van der Waals surface area (Å²) in [6, 6.07) is 8.63. The van der Waals surface area contributed by atoms with Gasteiger partial charge in [-0.25, -0.2) is 0 Å². The fourth-order valence-electron chi connectivity index (χ4n) is 7.99. The van der Waals surface area contributed by atoms with Gasteiger partial charge in [-0.15, -0.1) is 0 Å². The predicted molar refractivity (Wildman–Crippen MR) is 136 cm³/mol. The second-order valence-corrected chi connectivity index (χ2v) is 11.5. The van der Waals surface area contributed by atoms with E-state index in [0.29, 0.717) is 24.7 Å². The summed E-state index contributed by atoms with van der Waals surface area (Å²) in [5.41, 5.74) is 5.07. The zero-order valence-electron chi connectivity index (χ0n) is 21.6. The van der Waals surface area contributed by atoms with Crippen LogP contribution in [0.1, 0.15) is 77.2 Å². The summed E-state index contributed by atoms with van der Waals surface area (Å²) in [7, 11) is 4.07. The number of carbonyl (C=O) groups is 3. The van der Waals surface area contributed by atoms with E-state index in [-0.39, 0.29) is 28.9 Å². The molecule has 4 aliphatic carbocycles. The van der Waals surface area contributed by atoms with E-state index in [1.54, 1.807) is 6.92 Å². The van der Waals surface area contributed by atoms with Crippen molar-refractivity contribution in [3.8, 4) is 0 Å². The van der Waals surface area contributed by atoms with Crippen molar-refractivity contribution < 1.29 is 19.1 Å². The standard InChI is InChI=1S/C30H37NO4/c1-18(32)30(35-19(2)33)15-13-27-24-11-8-21-16-23(34)17-26(20-6-9-22(10-7-20)31(4)5)28(21)25(24)12-14-29(27,30)3/h6-7,9-10,16,24,26-27H,8,11-15,17H2,1-5H3/t24-,26?,27+,29+,30+/m1/s1. The van der Waals surface area contributed by atoms with Gasteiger partial charge in [0.25, 0.3) is 0 Å². The van der Waals surface area contributed by atoms with E-state index in [1.807, 2.05) is 20.2 Å². The maximum absolute atomic E-state index is 13.0. The highest BCUT2D eigenvalue weighted by Crippen LogP contribution is 2.65. The number of ketones is 2. The van der Waals surface area contributed by atoms with Crippen LogP contribution in [0.4, 0.5) is 5.69 Å². The lowest BCUT2D eigenvalue weighted by Gasteiger charge is -2.52. The molecule has 0 spiro atoms. The fourth-order valence-corrected chi connectivity index (χ4v) is 7.99. The van der Waals surface area contributed by atoms with Gasteiger partial charge in [-0.2, -0.15) is 0 Å². The zero-order chi connectivity index (χ0) is 25.1. The molecule has 0 bridgehead atoms. The van der Waals surface area contributed by atoms with Gasteiger partial charge < -0.3 is 9.64 Å². The van der Waals surface area contributed by atoms with Crippen molar-refractivity contribution in [3.63, 3.8) is 0 Å². The summed E-state index contributed by atoms with van der Waals surface area (Å²) in [5.74, 6) is 0.594. The molecule has 2 fully saturated rings. The quantitative estimate of drug-likeness (QED) is 0.535. The molecule has 0 radical (unpaired) electrons. The Hall–Kier alpha value is -2.69. The molecule has 0 amide bonds. The number of allylic oxidation sites excluding steroid dienone is 4. The van der Waals surface area contributed by atoms with Crippen LogP contribution in [0.2, 0.25) is 0 Å². The van der Waals surface area contributed by atoms with Crippen molar-refractivity contribution in [3.05, 3.63) is 52.6 Å². The Labute approximate surface area is 208 Å². The number of Topliss-reactive ketones (excluding diaryl/α,β-unsaturated/α-hetero) is 1. The van der Waals surface area contributed by atoms with Gasteiger partial charge in [0.15, 0.2) is 17.2 Å². The molecule has 186 valence electrons. The monoisotopic (exact) mass is 475 g/mol. The van der Waals surface area contributed by atoms with E-state index >= 15 is 0 Å². The summed E-state index contributed by atoms with van der Waals surface area (Å²) in [6.45, 7) is 5.19. The summed E-state index contributed by atoms with van der Waals surface area (Å²) in [5, 5.41) is 0. The highest BCUT2D eigenvalue weighted by molar-refractivity contribution is 5.94. The van der Waals surface area contributed by atoms with E-state index in [0.717, 1.165) is 37.8 Å². The molecule has 1 unspecified atom stereocenters. The van der Waals surface area contributed by atoms with Crippen molar-refractivity contribution in [1.82, 2.24) is 0 Å². The van der Waals surface area contributed by atoms with Crippen LogP contribution >= 0.6 is 0 Å². The molecule has 1 aromatic rings. The number of esters is 1. The van der Waals surface area contributed by atoms with Gasteiger partial charge in [0, 0.05) is 44.5 Å². The van der Waals surface area contributed by atoms with Crippen molar-refractivity contribution in [2.75, 3.05) is 19.0 Å². The van der Waals surface area contributed by atoms with Gasteiger partial charge in [0.2, 0.25) is 0 Å². The lowest BCUT2D eigenvalue weighted by molar-refractivity contribution is -0.181. The Morgan fingerprint density at radius 3 is 2.37 bits per heavy atom. The third-order valence-electron chi connectivity index (χ3n) is 9.60. The Morgan fingerprint density at radius 1 is 1.03 bits per heavy atom. The second kappa shape index (κ2) is 8.46. The Bertz CT molecular complexity index is 1140. The lowest BCUT2D eigenvalue weighted by Crippen LogP contribution is -2.56. The number of fused-ring (bicyclic) bond motifs is 4. The Morgan fingerprint density at radius 2 is 1.74 bits per heavy atom. The normalized spacial score (nSPS) is 33.9. The van der Waals surface area contributed by atoms with Gasteiger partial charge >= 0.3 is 5.97 Å². The average molecular weight is 476 g/mol. The molecular formula is C30H37NO4. The first-order chi connectivity index (χ1) is 16.6. The molecule has 0 aromatic heterocycles. The predicted octanol–water partition coefficient (Wildman–Crippen LogP) is 5.54. The molecular weight excluding hydrogens is 438 g/mol. The smallest absolute Gasteiger partial charge is 0.303 e. The van der Waals surface area contributed by atoms with Crippen molar-refractivity contribution in [2.24, 2.45) is 17.3 Å². The first-order valence-corrected chi connectivity index (χ1v) is 13.0. The van der Waals surface area contributed by atoms with Crippen LogP contribution in [0.25, 0.3) is 0 Å². The number of anilines is 1. The number of rotatable bonds is 4. The van der Waals surface area contributed by atoms with Crippen molar-refractivity contribution >= 4 is 23.2 Å². The molecule has 1 aromatic carbocycles. The molecule has 5 nitrogen and oxygen atoms in total. The van der Waals surface area contributed by atoms with E-state index in [4.69, 9.17) is 4.74 Å². The fraction of sp³-hybridized carbons (Fsp3) is 0.567. The summed E-state index contributed by atoms with van der Waals surface area (Å²) >= 11 is 0. The first kappa shape index (κ1) is 24.0. The molecule has 2 saturated carbocycles. The number of ether oxygens (including phenoxy) is 1. The maximum Gasteiger partial charge on any atom is 0.303 e. The molecule has 0 saturated heterocycles. The minimum atomic E-state index is -1.01. The van der Waals surface area contributed by atoms with Gasteiger partial charge in [0.1, 0.15) is 0 Å². The Balaban J connectivity index is 1.57. The lowest BCUT2D eigenvalue weighted by atomic mass is 9.53. The molecule has 4 aliphatic rings. The van der Waals surface area contributed by atoms with Crippen LogP contribution in [0.15, 0.2) is 47.1 Å². The molecule has 5 rings (SSSR count). The van der Waals surface area contributed by atoms with E-state index < -0.39 is 5.60 Å². The SMILES string of the molecule is CC(=O)O[C@]1(C(C)=O)CC[C@H]2[C@@H]3CCC4=CC(=O)CC(c5ccc(N(C)C)cc5)C4=C3CC[C@@]21C. The largest absolute Gasteiger partial charge is 0.451 e. The van der Waals surface area contributed by atoms with Gasteiger partial charge in [0.05, 0.1) is 0 Å². The minimum Gasteiger partial charge on any atom is -0.451 e. The Kier molecular flexibility index (Phi) is 5.81. The first-order valence-electron chi connectivity index (χ1n) is 13.0. The number of benzene rings is 1. The summed E-state index contributed by atoms with van der Waals surface area (Å²) < 4.78 is 5.89. The van der Waals surface area contributed by atoms with E-state index in [2.05, 4.69) is 36.1 Å². The molecule has 0 aliphatic heterocycles. The average Bonchev–Trinajstić information content (AvgIpc) is 3.11. The van der Waals surface area contributed by atoms with Gasteiger partial charge in [-0.1, -0.05) is 24.6 Å². The van der Waals surface area contributed by atoms with Gasteiger partial charge in [-0.05, 0) is 92.2 Å². The second-order valence-electron chi connectivity index (χ2n) is 11.5. The third kappa shape index (κ3) is 3.61.